The highest BCUT2D eigenvalue weighted by Crippen LogP contribution is 2.32. The lowest BCUT2D eigenvalue weighted by atomic mass is 10.2. The fraction of sp³-hybridized carbons (Fsp3) is 0.211. The van der Waals surface area contributed by atoms with E-state index >= 15 is 0 Å². The molecule has 3 heterocycles. The molecule has 0 atom stereocenters. The fourth-order valence-electron chi connectivity index (χ4n) is 2.87. The number of ether oxygens (including phenoxy) is 1. The van der Waals surface area contributed by atoms with E-state index in [-0.39, 0.29) is 5.91 Å². The zero-order valence-corrected chi connectivity index (χ0v) is 15.6. The van der Waals surface area contributed by atoms with Crippen LogP contribution in [0.1, 0.15) is 21.1 Å². The number of amides is 2. The minimum absolute atomic E-state index is 0.278. The number of hydrogen-bond donors (Lipinski definition) is 1. The van der Waals surface area contributed by atoms with Crippen molar-refractivity contribution in [1.82, 2.24) is 4.98 Å². The molecule has 138 valence electrons. The zero-order chi connectivity index (χ0) is 19.0. The number of para-hydroxylation sites is 2. The third kappa shape index (κ3) is 3.31. The van der Waals surface area contributed by atoms with Crippen molar-refractivity contribution < 1.29 is 18.7 Å². The van der Waals surface area contributed by atoms with Crippen molar-refractivity contribution in [2.24, 2.45) is 0 Å². The molecule has 3 aromatic rings. The summed E-state index contributed by atoms with van der Waals surface area (Å²) in [6, 6.07) is 10.8. The molecule has 7 nitrogen and oxygen atoms in total. The van der Waals surface area contributed by atoms with E-state index in [1.807, 2.05) is 25.1 Å². The summed E-state index contributed by atoms with van der Waals surface area (Å²) in [4.78, 5) is 31.2. The Hall–Kier alpha value is -3.13. The molecule has 0 aliphatic carbocycles. The predicted octanol–water partition coefficient (Wildman–Crippen LogP) is 4.23. The van der Waals surface area contributed by atoms with Crippen LogP contribution in [0.15, 0.2) is 40.8 Å². The molecule has 0 saturated carbocycles. The van der Waals surface area contributed by atoms with Crippen molar-refractivity contribution in [2.75, 3.05) is 23.4 Å². The van der Waals surface area contributed by atoms with Gasteiger partial charge in [-0.1, -0.05) is 12.1 Å². The summed E-state index contributed by atoms with van der Waals surface area (Å²) in [6.07, 6.45) is -0.416. The molecular formula is C19H17N3O4S. The number of furan rings is 1. The van der Waals surface area contributed by atoms with Gasteiger partial charge in [0.15, 0.2) is 10.8 Å². The Morgan fingerprint density at radius 3 is 2.74 bits per heavy atom. The number of carbonyl (C=O) groups is 2. The van der Waals surface area contributed by atoms with Gasteiger partial charge in [-0.3, -0.25) is 9.69 Å². The van der Waals surface area contributed by atoms with E-state index < -0.39 is 6.09 Å². The normalized spacial score (nSPS) is 13.7. The molecular weight excluding hydrogens is 366 g/mol. The first-order valence-electron chi connectivity index (χ1n) is 8.42. The van der Waals surface area contributed by atoms with Crippen LogP contribution in [-0.2, 0) is 4.74 Å². The standard InChI is InChI=1S/C19H17N3O4S/c1-11-7-8-15(26-11)18-20-12(2)16(27-18)17(23)21-13-5-3-4-6-14(13)22-9-10-25-19(22)24/h3-8H,9-10H2,1-2H3,(H,21,23). The number of rotatable bonds is 4. The first-order chi connectivity index (χ1) is 13.0. The molecule has 1 fully saturated rings. The van der Waals surface area contributed by atoms with E-state index in [1.165, 1.54) is 16.2 Å². The lowest BCUT2D eigenvalue weighted by molar-refractivity contribution is 0.102. The highest BCUT2D eigenvalue weighted by Gasteiger charge is 2.26. The second kappa shape index (κ2) is 6.88. The number of benzene rings is 1. The molecule has 0 bridgehead atoms. The second-order valence-corrected chi connectivity index (χ2v) is 7.08. The van der Waals surface area contributed by atoms with Crippen LogP contribution < -0.4 is 10.2 Å². The van der Waals surface area contributed by atoms with Crippen molar-refractivity contribution in [1.29, 1.82) is 0 Å². The van der Waals surface area contributed by atoms with E-state index in [1.54, 1.807) is 25.1 Å². The molecule has 2 aromatic heterocycles. The molecule has 1 aromatic carbocycles. The summed E-state index contributed by atoms with van der Waals surface area (Å²) in [5, 5.41) is 3.54. The Morgan fingerprint density at radius 2 is 2.04 bits per heavy atom. The topological polar surface area (TPSA) is 84.7 Å². The van der Waals surface area contributed by atoms with Crippen molar-refractivity contribution in [2.45, 2.75) is 13.8 Å². The Kier molecular flexibility index (Phi) is 4.41. The third-order valence-electron chi connectivity index (χ3n) is 4.16. The number of aryl methyl sites for hydroxylation is 2. The van der Waals surface area contributed by atoms with Gasteiger partial charge in [-0.05, 0) is 38.1 Å². The Labute approximate surface area is 159 Å². The number of nitrogens with zero attached hydrogens (tertiary/aromatic N) is 2. The third-order valence-corrected chi connectivity index (χ3v) is 5.33. The smallest absolute Gasteiger partial charge is 0.414 e. The minimum atomic E-state index is -0.416. The lowest BCUT2D eigenvalue weighted by Gasteiger charge is -2.17. The Balaban J connectivity index is 1.60. The summed E-state index contributed by atoms with van der Waals surface area (Å²) in [7, 11) is 0. The first kappa shape index (κ1) is 17.3. The molecule has 8 heteroatoms. The van der Waals surface area contributed by atoms with E-state index in [4.69, 9.17) is 9.15 Å². The predicted molar refractivity (Wildman–Crippen MR) is 102 cm³/mol. The molecule has 1 N–H and O–H groups in total. The van der Waals surface area contributed by atoms with Crippen molar-refractivity contribution >= 4 is 34.7 Å². The SMILES string of the molecule is Cc1ccc(-c2nc(C)c(C(=O)Nc3ccccc3N3CCOC3=O)s2)o1. The van der Waals surface area contributed by atoms with Gasteiger partial charge in [0.2, 0.25) is 0 Å². The zero-order valence-electron chi connectivity index (χ0n) is 14.8. The maximum atomic E-state index is 12.8. The number of carbonyl (C=O) groups excluding carboxylic acids is 2. The summed E-state index contributed by atoms with van der Waals surface area (Å²) in [6.45, 7) is 4.43. The van der Waals surface area contributed by atoms with Crippen LogP contribution in [0, 0.1) is 13.8 Å². The van der Waals surface area contributed by atoms with Crippen LogP contribution in [0.2, 0.25) is 0 Å². The molecule has 4 rings (SSSR count). The molecule has 0 unspecified atom stereocenters. The van der Waals surface area contributed by atoms with Crippen LogP contribution in [0.5, 0.6) is 0 Å². The number of thiazole rings is 1. The van der Waals surface area contributed by atoms with Gasteiger partial charge in [0.1, 0.15) is 17.2 Å². The summed E-state index contributed by atoms with van der Waals surface area (Å²) in [5.41, 5.74) is 1.78. The largest absolute Gasteiger partial charge is 0.459 e. The Bertz CT molecular complexity index is 1020. The van der Waals surface area contributed by atoms with Crippen molar-refractivity contribution in [3.63, 3.8) is 0 Å². The van der Waals surface area contributed by atoms with Crippen LogP contribution >= 0.6 is 11.3 Å². The maximum Gasteiger partial charge on any atom is 0.414 e. The van der Waals surface area contributed by atoms with Gasteiger partial charge < -0.3 is 14.5 Å². The molecule has 0 spiro atoms. The summed E-state index contributed by atoms with van der Waals surface area (Å²) in [5.74, 6) is 1.15. The average molecular weight is 383 g/mol. The number of aromatic nitrogens is 1. The van der Waals surface area contributed by atoms with Gasteiger partial charge in [0.05, 0.1) is 23.6 Å². The molecule has 0 radical (unpaired) electrons. The van der Waals surface area contributed by atoms with Gasteiger partial charge in [-0.2, -0.15) is 0 Å². The van der Waals surface area contributed by atoms with Gasteiger partial charge in [0, 0.05) is 0 Å². The van der Waals surface area contributed by atoms with E-state index in [0.29, 0.717) is 45.9 Å². The van der Waals surface area contributed by atoms with Crippen LogP contribution in [0.25, 0.3) is 10.8 Å². The molecule has 1 saturated heterocycles. The van der Waals surface area contributed by atoms with E-state index in [9.17, 15) is 9.59 Å². The van der Waals surface area contributed by atoms with E-state index in [2.05, 4.69) is 10.3 Å². The van der Waals surface area contributed by atoms with Crippen molar-refractivity contribution in [3.05, 3.63) is 52.7 Å². The van der Waals surface area contributed by atoms with Gasteiger partial charge in [0.25, 0.3) is 5.91 Å². The average Bonchev–Trinajstić information content (AvgIpc) is 3.35. The van der Waals surface area contributed by atoms with Gasteiger partial charge >= 0.3 is 6.09 Å². The minimum Gasteiger partial charge on any atom is -0.459 e. The van der Waals surface area contributed by atoms with Crippen LogP contribution in [0.3, 0.4) is 0 Å². The number of anilines is 2. The lowest BCUT2D eigenvalue weighted by Crippen LogP contribution is -2.25. The summed E-state index contributed by atoms with van der Waals surface area (Å²) < 4.78 is 10.6. The molecule has 1 aliphatic heterocycles. The van der Waals surface area contributed by atoms with Crippen molar-refractivity contribution in [3.8, 4) is 10.8 Å². The number of cyclic esters (lactones) is 1. The highest BCUT2D eigenvalue weighted by atomic mass is 32.1. The number of nitrogens with one attached hydrogen (secondary N) is 1. The monoisotopic (exact) mass is 383 g/mol. The fourth-order valence-corrected chi connectivity index (χ4v) is 3.79. The van der Waals surface area contributed by atoms with E-state index in [0.717, 1.165) is 5.76 Å². The molecule has 27 heavy (non-hydrogen) atoms. The first-order valence-corrected chi connectivity index (χ1v) is 9.23. The van der Waals surface area contributed by atoms with Gasteiger partial charge in [-0.25, -0.2) is 9.78 Å². The highest BCUT2D eigenvalue weighted by molar-refractivity contribution is 7.17. The van der Waals surface area contributed by atoms with Gasteiger partial charge in [-0.15, -0.1) is 11.3 Å². The molecule has 1 aliphatic rings. The van der Waals surface area contributed by atoms with Crippen LogP contribution in [0.4, 0.5) is 16.2 Å². The quantitative estimate of drug-likeness (QED) is 0.729. The molecule has 2 amide bonds. The number of hydrogen-bond acceptors (Lipinski definition) is 6. The van der Waals surface area contributed by atoms with Crippen LogP contribution in [-0.4, -0.2) is 30.1 Å². The summed E-state index contributed by atoms with van der Waals surface area (Å²) >= 11 is 1.27. The maximum absolute atomic E-state index is 12.8. The second-order valence-electron chi connectivity index (χ2n) is 6.08. The Morgan fingerprint density at radius 1 is 1.22 bits per heavy atom.